The van der Waals surface area contributed by atoms with E-state index in [1.165, 1.54) is 0 Å². The number of benzene rings is 1. The molecule has 0 radical (unpaired) electrons. The monoisotopic (exact) mass is 342 g/mol. The summed E-state index contributed by atoms with van der Waals surface area (Å²) in [5.74, 6) is 1.05. The van der Waals surface area contributed by atoms with E-state index in [-0.39, 0.29) is 0 Å². The lowest BCUT2D eigenvalue weighted by atomic mass is 10.1. The second kappa shape index (κ2) is 6.89. The first kappa shape index (κ1) is 16.9. The first-order chi connectivity index (χ1) is 11.6. The zero-order valence-corrected chi connectivity index (χ0v) is 15.4. The summed E-state index contributed by atoms with van der Waals surface area (Å²) in [7, 11) is 0. The summed E-state index contributed by atoms with van der Waals surface area (Å²) >= 11 is 6.46. The average Bonchev–Trinajstić information content (AvgIpc) is 2.94. The van der Waals surface area contributed by atoms with Crippen LogP contribution in [0.3, 0.4) is 0 Å². The van der Waals surface area contributed by atoms with Crippen molar-refractivity contribution in [2.45, 2.75) is 53.0 Å². The van der Waals surface area contributed by atoms with Gasteiger partial charge in [0.2, 0.25) is 0 Å². The van der Waals surface area contributed by atoms with Crippen LogP contribution in [0.1, 0.15) is 51.0 Å². The van der Waals surface area contributed by atoms with E-state index in [2.05, 4.69) is 35.3 Å². The normalized spacial score (nSPS) is 12.7. The lowest BCUT2D eigenvalue weighted by Gasteiger charge is -2.15. The molecule has 126 valence electrons. The van der Waals surface area contributed by atoms with Crippen LogP contribution in [0.15, 0.2) is 24.5 Å². The molecular weight excluding hydrogens is 320 g/mol. The third-order valence-corrected chi connectivity index (χ3v) is 4.71. The van der Waals surface area contributed by atoms with E-state index in [1.807, 2.05) is 25.1 Å². The molecule has 1 aromatic carbocycles. The van der Waals surface area contributed by atoms with Crippen LogP contribution in [-0.2, 0) is 6.42 Å². The topological polar surface area (TPSA) is 43.6 Å². The summed E-state index contributed by atoms with van der Waals surface area (Å²) in [5, 5.41) is 0.698. The minimum Gasteiger partial charge on any atom is -0.310 e. The Bertz CT molecular complexity index is 869. The maximum atomic E-state index is 6.46. The molecule has 0 aliphatic heterocycles. The van der Waals surface area contributed by atoms with Gasteiger partial charge in [0.15, 0.2) is 5.65 Å². The third kappa shape index (κ3) is 2.91. The Labute approximate surface area is 147 Å². The Morgan fingerprint density at radius 1 is 1.21 bits per heavy atom. The zero-order chi connectivity index (χ0) is 17.3. The quantitative estimate of drug-likeness (QED) is 0.625. The Hall–Kier alpha value is -1.94. The molecule has 0 saturated heterocycles. The van der Waals surface area contributed by atoms with Gasteiger partial charge < -0.3 is 4.57 Å². The molecule has 0 saturated carbocycles. The summed E-state index contributed by atoms with van der Waals surface area (Å²) in [4.78, 5) is 13.9. The highest BCUT2D eigenvalue weighted by Crippen LogP contribution is 2.33. The molecule has 0 aliphatic carbocycles. The van der Waals surface area contributed by atoms with Crippen molar-refractivity contribution < 1.29 is 0 Å². The highest BCUT2D eigenvalue weighted by molar-refractivity contribution is 6.33. The summed E-state index contributed by atoms with van der Waals surface area (Å²) < 4.78 is 2.26. The van der Waals surface area contributed by atoms with Gasteiger partial charge >= 0.3 is 0 Å². The second-order valence-corrected chi connectivity index (χ2v) is 6.67. The maximum absolute atomic E-state index is 6.46. The van der Waals surface area contributed by atoms with Crippen LogP contribution in [0.4, 0.5) is 0 Å². The highest BCUT2D eigenvalue weighted by Gasteiger charge is 2.20. The molecule has 0 fully saturated rings. The fourth-order valence-corrected chi connectivity index (χ4v) is 3.55. The molecule has 3 aromatic rings. The highest BCUT2D eigenvalue weighted by atomic mass is 35.5. The van der Waals surface area contributed by atoms with Gasteiger partial charge in [-0.05, 0) is 31.9 Å². The summed E-state index contributed by atoms with van der Waals surface area (Å²) in [5.41, 5.74) is 4.58. The predicted molar refractivity (Wildman–Crippen MR) is 99.5 cm³/mol. The molecule has 0 amide bonds. The van der Waals surface area contributed by atoms with E-state index in [4.69, 9.17) is 16.6 Å². The van der Waals surface area contributed by atoms with E-state index in [0.717, 1.165) is 53.1 Å². The standard InChI is InChI=1S/C19H23ClN4/c1-5-7-13(4)24-16(6-2)23-18-17(21-11-22-19(18)24)14-9-8-12(3)10-15(14)20/h8-11,13H,5-7H2,1-4H3. The number of hydrogen-bond acceptors (Lipinski definition) is 3. The van der Waals surface area contributed by atoms with E-state index in [0.29, 0.717) is 11.1 Å². The number of aromatic nitrogens is 4. The van der Waals surface area contributed by atoms with Crippen molar-refractivity contribution in [2.24, 2.45) is 0 Å². The van der Waals surface area contributed by atoms with Crippen molar-refractivity contribution in [3.05, 3.63) is 40.9 Å². The van der Waals surface area contributed by atoms with Gasteiger partial charge in [0.1, 0.15) is 23.4 Å². The third-order valence-electron chi connectivity index (χ3n) is 4.39. The number of imidazole rings is 1. The molecule has 2 aromatic heterocycles. The fourth-order valence-electron chi connectivity index (χ4n) is 3.22. The second-order valence-electron chi connectivity index (χ2n) is 6.27. The lowest BCUT2D eigenvalue weighted by molar-refractivity contribution is 0.493. The molecule has 24 heavy (non-hydrogen) atoms. The van der Waals surface area contributed by atoms with Gasteiger partial charge in [-0.25, -0.2) is 15.0 Å². The molecule has 1 unspecified atom stereocenters. The van der Waals surface area contributed by atoms with Crippen molar-refractivity contribution in [1.82, 2.24) is 19.5 Å². The van der Waals surface area contributed by atoms with Gasteiger partial charge in [-0.15, -0.1) is 0 Å². The average molecular weight is 343 g/mol. The molecule has 4 nitrogen and oxygen atoms in total. The van der Waals surface area contributed by atoms with Crippen molar-refractivity contribution in [1.29, 1.82) is 0 Å². The maximum Gasteiger partial charge on any atom is 0.164 e. The van der Waals surface area contributed by atoms with Gasteiger partial charge in [-0.2, -0.15) is 0 Å². The molecule has 0 spiro atoms. The van der Waals surface area contributed by atoms with Crippen LogP contribution in [0.2, 0.25) is 5.02 Å². The molecule has 5 heteroatoms. The summed E-state index contributed by atoms with van der Waals surface area (Å²) in [6.07, 6.45) is 4.71. The Balaban J connectivity index is 2.24. The Kier molecular flexibility index (Phi) is 4.86. The Morgan fingerprint density at radius 2 is 2.00 bits per heavy atom. The molecule has 1 atom stereocenters. The van der Waals surface area contributed by atoms with Gasteiger partial charge in [-0.1, -0.05) is 44.0 Å². The Morgan fingerprint density at radius 3 is 2.67 bits per heavy atom. The lowest BCUT2D eigenvalue weighted by Crippen LogP contribution is -2.09. The molecule has 0 bridgehead atoms. The summed E-state index contributed by atoms with van der Waals surface area (Å²) in [6, 6.07) is 6.39. The van der Waals surface area contributed by atoms with E-state index in [1.54, 1.807) is 6.33 Å². The minimum absolute atomic E-state index is 0.367. The number of rotatable bonds is 5. The van der Waals surface area contributed by atoms with Crippen molar-refractivity contribution in [3.63, 3.8) is 0 Å². The van der Waals surface area contributed by atoms with Crippen molar-refractivity contribution in [2.75, 3.05) is 0 Å². The largest absolute Gasteiger partial charge is 0.310 e. The summed E-state index contributed by atoms with van der Waals surface area (Å²) in [6.45, 7) is 8.59. The van der Waals surface area contributed by atoms with Crippen LogP contribution in [0.5, 0.6) is 0 Å². The van der Waals surface area contributed by atoms with Crippen LogP contribution < -0.4 is 0 Å². The zero-order valence-electron chi connectivity index (χ0n) is 14.7. The molecular formula is C19H23ClN4. The van der Waals surface area contributed by atoms with E-state index in [9.17, 15) is 0 Å². The van der Waals surface area contributed by atoms with Crippen molar-refractivity contribution in [3.8, 4) is 11.3 Å². The van der Waals surface area contributed by atoms with Crippen molar-refractivity contribution >= 4 is 22.8 Å². The van der Waals surface area contributed by atoms with Crippen LogP contribution >= 0.6 is 11.6 Å². The number of hydrogen-bond donors (Lipinski definition) is 0. The van der Waals surface area contributed by atoms with Gasteiger partial charge in [0, 0.05) is 18.0 Å². The first-order valence-electron chi connectivity index (χ1n) is 8.55. The number of fused-ring (bicyclic) bond motifs is 1. The molecule has 2 heterocycles. The fraction of sp³-hybridized carbons (Fsp3) is 0.421. The molecule has 0 N–H and O–H groups in total. The van der Waals surface area contributed by atoms with Crippen LogP contribution in [-0.4, -0.2) is 19.5 Å². The van der Waals surface area contributed by atoms with E-state index >= 15 is 0 Å². The van der Waals surface area contributed by atoms with Gasteiger partial charge in [-0.3, -0.25) is 0 Å². The smallest absolute Gasteiger partial charge is 0.164 e. The SMILES string of the molecule is CCCC(C)n1c(CC)nc2c(-c3ccc(C)cc3Cl)ncnc21. The first-order valence-corrected chi connectivity index (χ1v) is 8.92. The predicted octanol–water partition coefficient (Wildman–Crippen LogP) is 5.38. The number of aryl methyl sites for hydroxylation is 2. The molecule has 3 rings (SSSR count). The van der Waals surface area contributed by atoms with Crippen LogP contribution in [0, 0.1) is 6.92 Å². The molecule has 0 aliphatic rings. The van der Waals surface area contributed by atoms with Crippen LogP contribution in [0.25, 0.3) is 22.4 Å². The number of nitrogens with zero attached hydrogens (tertiary/aromatic N) is 4. The number of halogens is 1. The minimum atomic E-state index is 0.367. The van der Waals surface area contributed by atoms with E-state index < -0.39 is 0 Å². The van der Waals surface area contributed by atoms with Gasteiger partial charge in [0.25, 0.3) is 0 Å². The van der Waals surface area contributed by atoms with Gasteiger partial charge in [0.05, 0.1) is 5.02 Å².